The van der Waals surface area contributed by atoms with Crippen LogP contribution in [0.2, 0.25) is 0 Å². The summed E-state index contributed by atoms with van der Waals surface area (Å²) in [4.78, 5) is 107. The molecule has 0 saturated heterocycles. The maximum absolute atomic E-state index is 12.4. The van der Waals surface area contributed by atoms with Gasteiger partial charge >= 0.3 is 47.8 Å². The van der Waals surface area contributed by atoms with Crippen molar-refractivity contribution < 1.29 is 84.3 Å². The van der Waals surface area contributed by atoms with E-state index in [0.29, 0.717) is 16.8 Å². The molecule has 0 amide bonds. The van der Waals surface area contributed by atoms with Crippen LogP contribution in [0, 0.1) is 0 Å². The van der Waals surface area contributed by atoms with Gasteiger partial charge in [0.1, 0.15) is 0 Å². The van der Waals surface area contributed by atoms with E-state index in [-0.39, 0.29) is 125 Å². The van der Waals surface area contributed by atoms with E-state index in [1.165, 1.54) is 6.20 Å². The van der Waals surface area contributed by atoms with Gasteiger partial charge in [0.2, 0.25) is 0 Å². The SMILES string of the molecule is O=C(O)CCc1c(CC(=O)O)c[nH]c1Cc1[nH]c(Cc2[nH]c(Cc3[nH]c(CO)c(CCC(=O)O)c3CC(=O)O)c(CCC(=O)O)c2CC(=O)O)c(CCC(=O)O)c1CC(=O)O. The molecule has 0 atom stereocenters. The number of aliphatic carboxylic acids is 8. The summed E-state index contributed by atoms with van der Waals surface area (Å²) < 4.78 is 0. The molecule has 0 aliphatic carbocycles. The van der Waals surface area contributed by atoms with Gasteiger partial charge in [-0.2, -0.15) is 0 Å². The molecule has 0 aliphatic rings. The number of aliphatic hydroxyl groups excluding tert-OH is 1. The number of aromatic nitrogens is 4. The molecule has 21 nitrogen and oxygen atoms in total. The molecule has 328 valence electrons. The number of nitrogens with one attached hydrogen (secondary N) is 4. The highest BCUT2D eigenvalue weighted by Crippen LogP contribution is 2.33. The number of hydrogen-bond donors (Lipinski definition) is 13. The molecule has 0 radical (unpaired) electrons. The Bertz CT molecular complexity index is 2340. The highest BCUT2D eigenvalue weighted by molar-refractivity contribution is 5.75. The van der Waals surface area contributed by atoms with Crippen LogP contribution in [0.4, 0.5) is 0 Å². The minimum atomic E-state index is -1.31. The van der Waals surface area contributed by atoms with Crippen molar-refractivity contribution >= 4 is 47.8 Å². The van der Waals surface area contributed by atoms with Gasteiger partial charge in [-0.25, -0.2) is 0 Å². The quantitative estimate of drug-likeness (QED) is 0.0407. The Morgan fingerprint density at radius 1 is 0.361 bits per heavy atom. The number of aromatic amines is 4. The van der Waals surface area contributed by atoms with Crippen molar-refractivity contribution in [3.63, 3.8) is 0 Å². The van der Waals surface area contributed by atoms with Crippen molar-refractivity contribution in [3.8, 4) is 0 Å². The molecule has 0 unspecified atom stereocenters. The maximum atomic E-state index is 12.4. The van der Waals surface area contributed by atoms with Crippen LogP contribution in [0.25, 0.3) is 0 Å². The summed E-state index contributed by atoms with van der Waals surface area (Å²) in [5, 5.41) is 87.4. The monoisotopic (exact) mass is 854 g/mol. The second-order valence-electron chi connectivity index (χ2n) is 14.4. The van der Waals surface area contributed by atoms with Crippen LogP contribution in [-0.4, -0.2) is 114 Å². The van der Waals surface area contributed by atoms with Crippen LogP contribution in [0.5, 0.6) is 0 Å². The Labute approximate surface area is 345 Å². The van der Waals surface area contributed by atoms with Crippen molar-refractivity contribution in [2.75, 3.05) is 0 Å². The Morgan fingerprint density at radius 2 is 0.656 bits per heavy atom. The lowest BCUT2D eigenvalue weighted by Gasteiger charge is -2.09. The standard InChI is InChI=1S/C40H46N4O17/c45-17-32-22(4-8-36(52)53)25(12-40(60)61)31(44-32)15-28-21(3-7-35(50)51)24(11-39(58)59)30(43-28)14-27-20(2-6-34(48)49)23(10-38(56)57)29(42-27)13-26-19(1-5-33(46)47)18(16-41-26)9-37(54)55/h16,41-45H,1-15,17H2,(H,46,47)(H,48,49)(H,50,51)(H,52,53)(H,54,55)(H,56,57)(H,58,59)(H,60,61). The highest BCUT2D eigenvalue weighted by atomic mass is 16.4. The van der Waals surface area contributed by atoms with E-state index in [1.54, 1.807) is 0 Å². The van der Waals surface area contributed by atoms with Gasteiger partial charge in [0.05, 0.1) is 32.3 Å². The van der Waals surface area contributed by atoms with Gasteiger partial charge in [0, 0.05) is 91.0 Å². The lowest BCUT2D eigenvalue weighted by Crippen LogP contribution is -2.09. The fourth-order valence-corrected chi connectivity index (χ4v) is 7.77. The van der Waals surface area contributed by atoms with Crippen LogP contribution < -0.4 is 0 Å². The molecule has 61 heavy (non-hydrogen) atoms. The van der Waals surface area contributed by atoms with E-state index in [9.17, 15) is 84.3 Å². The van der Waals surface area contributed by atoms with Crippen molar-refractivity contribution in [1.82, 2.24) is 19.9 Å². The molecule has 4 heterocycles. The zero-order valence-electron chi connectivity index (χ0n) is 32.7. The molecule has 0 saturated carbocycles. The zero-order chi connectivity index (χ0) is 45.1. The molecule has 0 bridgehead atoms. The van der Waals surface area contributed by atoms with E-state index in [1.807, 2.05) is 0 Å². The van der Waals surface area contributed by atoms with Crippen LogP contribution in [0.15, 0.2) is 6.20 Å². The maximum Gasteiger partial charge on any atom is 0.307 e. The zero-order valence-corrected chi connectivity index (χ0v) is 32.7. The second-order valence-corrected chi connectivity index (χ2v) is 14.4. The number of aliphatic hydroxyl groups is 1. The van der Waals surface area contributed by atoms with Gasteiger partial charge in [0.15, 0.2) is 0 Å². The molecule has 0 spiro atoms. The first kappa shape index (κ1) is 46.5. The first-order valence-electron chi connectivity index (χ1n) is 18.9. The van der Waals surface area contributed by atoms with Crippen molar-refractivity contribution in [2.24, 2.45) is 0 Å². The number of carboxylic acid groups (broad SMARTS) is 8. The third kappa shape index (κ3) is 12.7. The average molecular weight is 855 g/mol. The van der Waals surface area contributed by atoms with Gasteiger partial charge < -0.3 is 65.9 Å². The summed E-state index contributed by atoms with van der Waals surface area (Å²) in [5.74, 6) is -9.81. The molecule has 0 aliphatic heterocycles. The van der Waals surface area contributed by atoms with E-state index in [4.69, 9.17) is 0 Å². The van der Waals surface area contributed by atoms with E-state index in [2.05, 4.69) is 19.9 Å². The van der Waals surface area contributed by atoms with E-state index < -0.39 is 92.9 Å². The molecule has 4 aromatic heterocycles. The van der Waals surface area contributed by atoms with Crippen LogP contribution in [-0.2, 0) is 116 Å². The van der Waals surface area contributed by atoms with Gasteiger partial charge in [-0.1, -0.05) is 0 Å². The minimum Gasteiger partial charge on any atom is -0.481 e. The lowest BCUT2D eigenvalue weighted by molar-refractivity contribution is -0.138. The number of hydrogen-bond acceptors (Lipinski definition) is 9. The van der Waals surface area contributed by atoms with Gasteiger partial charge in [-0.05, 0) is 70.2 Å². The van der Waals surface area contributed by atoms with Gasteiger partial charge in [-0.15, -0.1) is 0 Å². The van der Waals surface area contributed by atoms with Crippen LogP contribution in [0.1, 0.15) is 110 Å². The number of rotatable bonds is 27. The highest BCUT2D eigenvalue weighted by Gasteiger charge is 2.28. The largest absolute Gasteiger partial charge is 0.481 e. The molecule has 0 aromatic carbocycles. The fourth-order valence-electron chi connectivity index (χ4n) is 7.77. The Hall–Kier alpha value is -7.16. The summed E-state index contributed by atoms with van der Waals surface area (Å²) >= 11 is 0. The minimum absolute atomic E-state index is 0.0662. The van der Waals surface area contributed by atoms with Gasteiger partial charge in [0.25, 0.3) is 0 Å². The third-order valence-electron chi connectivity index (χ3n) is 10.3. The second kappa shape index (κ2) is 20.7. The Morgan fingerprint density at radius 3 is 0.984 bits per heavy atom. The third-order valence-corrected chi connectivity index (χ3v) is 10.3. The van der Waals surface area contributed by atoms with Crippen molar-refractivity contribution in [1.29, 1.82) is 0 Å². The Kier molecular flexibility index (Phi) is 15.8. The Balaban J connectivity index is 1.94. The first-order valence-corrected chi connectivity index (χ1v) is 18.9. The molecular weight excluding hydrogens is 808 g/mol. The van der Waals surface area contributed by atoms with Crippen LogP contribution in [0.3, 0.4) is 0 Å². The number of H-pyrrole nitrogens is 4. The molecule has 21 heteroatoms. The molecule has 0 fully saturated rings. The van der Waals surface area contributed by atoms with Crippen LogP contribution >= 0.6 is 0 Å². The summed E-state index contributed by atoms with van der Waals surface area (Å²) in [6, 6.07) is 0. The summed E-state index contributed by atoms with van der Waals surface area (Å²) in [6.07, 6.45) is -3.58. The van der Waals surface area contributed by atoms with Crippen molar-refractivity contribution in [3.05, 3.63) is 90.6 Å². The molecule has 4 rings (SSSR count). The predicted molar refractivity (Wildman–Crippen MR) is 207 cm³/mol. The molecular formula is C40H46N4O17. The first-order chi connectivity index (χ1) is 28.8. The molecule has 13 N–H and O–H groups in total. The van der Waals surface area contributed by atoms with E-state index >= 15 is 0 Å². The average Bonchev–Trinajstić information content (AvgIpc) is 3.86. The smallest absolute Gasteiger partial charge is 0.307 e. The summed E-state index contributed by atoms with van der Waals surface area (Å²) in [7, 11) is 0. The van der Waals surface area contributed by atoms with Gasteiger partial charge in [-0.3, -0.25) is 38.4 Å². The molecule has 4 aromatic rings. The fraction of sp³-hybridized carbons (Fsp3) is 0.400. The predicted octanol–water partition coefficient (Wildman–Crippen LogP) is 1.84. The number of carbonyl (C=O) groups is 8. The number of carboxylic acids is 8. The summed E-state index contributed by atoms with van der Waals surface area (Å²) in [6.45, 7) is -0.606. The van der Waals surface area contributed by atoms with E-state index in [0.717, 1.165) is 0 Å². The topological polar surface area (TPSA) is 382 Å². The lowest BCUT2D eigenvalue weighted by atomic mass is 9.94. The summed E-state index contributed by atoms with van der Waals surface area (Å²) in [5.41, 5.74) is 3.81. The normalized spacial score (nSPS) is 11.2. The van der Waals surface area contributed by atoms with Crippen molar-refractivity contribution in [2.45, 2.75) is 103 Å².